The van der Waals surface area contributed by atoms with E-state index in [1.807, 2.05) is 11.3 Å². The molecule has 0 saturated carbocycles. The highest BCUT2D eigenvalue weighted by molar-refractivity contribution is 9.11. The zero-order chi connectivity index (χ0) is 12.3. The lowest BCUT2D eigenvalue weighted by molar-refractivity contribution is 0.0326. The van der Waals surface area contributed by atoms with E-state index in [0.29, 0.717) is 18.2 Å². The topological polar surface area (TPSA) is 21.3 Å². The minimum Gasteiger partial charge on any atom is -0.374 e. The van der Waals surface area contributed by atoms with Crippen LogP contribution in [0.4, 0.5) is 0 Å². The fourth-order valence-corrected chi connectivity index (χ4v) is 3.95. The van der Waals surface area contributed by atoms with E-state index in [1.54, 1.807) is 0 Å². The molecule has 2 heterocycles. The van der Waals surface area contributed by atoms with Gasteiger partial charge in [0.2, 0.25) is 0 Å². The summed E-state index contributed by atoms with van der Waals surface area (Å²) in [6, 6.07) is 4.79. The Morgan fingerprint density at radius 1 is 1.53 bits per heavy atom. The Hall–Kier alpha value is 0.1000. The molecular weight excluding hydrogens is 298 g/mol. The van der Waals surface area contributed by atoms with Crippen LogP contribution in [0.1, 0.15) is 31.6 Å². The SMILES string of the molecule is CCNC(Cc1ccc(Br)s1)C1CCC(C)O1. The van der Waals surface area contributed by atoms with Crippen molar-refractivity contribution in [1.29, 1.82) is 0 Å². The van der Waals surface area contributed by atoms with Gasteiger partial charge in [0.25, 0.3) is 0 Å². The van der Waals surface area contributed by atoms with E-state index >= 15 is 0 Å². The molecule has 2 nitrogen and oxygen atoms in total. The lowest BCUT2D eigenvalue weighted by Gasteiger charge is -2.24. The minimum atomic E-state index is 0.380. The van der Waals surface area contributed by atoms with Crippen LogP contribution in [-0.4, -0.2) is 24.8 Å². The molecule has 3 unspecified atom stereocenters. The van der Waals surface area contributed by atoms with E-state index in [2.05, 4.69) is 47.2 Å². The summed E-state index contributed by atoms with van der Waals surface area (Å²) in [5.41, 5.74) is 0. The number of ether oxygens (including phenoxy) is 1. The van der Waals surface area contributed by atoms with E-state index in [1.165, 1.54) is 21.5 Å². The first-order valence-corrected chi connectivity index (χ1v) is 7.93. The predicted molar refractivity (Wildman–Crippen MR) is 76.8 cm³/mol. The van der Waals surface area contributed by atoms with Crippen molar-refractivity contribution in [1.82, 2.24) is 5.32 Å². The van der Waals surface area contributed by atoms with E-state index < -0.39 is 0 Å². The molecule has 0 aromatic carbocycles. The van der Waals surface area contributed by atoms with Gasteiger partial charge in [-0.3, -0.25) is 0 Å². The van der Waals surface area contributed by atoms with Gasteiger partial charge in [-0.25, -0.2) is 0 Å². The molecule has 1 aliphatic rings. The Kier molecular flexibility index (Phi) is 5.03. The van der Waals surface area contributed by atoms with Crippen molar-refractivity contribution >= 4 is 27.3 Å². The summed E-state index contributed by atoms with van der Waals surface area (Å²) in [6.07, 6.45) is 4.26. The molecular formula is C13H20BrNOS. The van der Waals surface area contributed by atoms with Gasteiger partial charge < -0.3 is 10.1 Å². The minimum absolute atomic E-state index is 0.380. The number of hydrogen-bond donors (Lipinski definition) is 1. The number of halogens is 1. The van der Waals surface area contributed by atoms with Crippen LogP contribution in [0.2, 0.25) is 0 Å². The fourth-order valence-electron chi connectivity index (χ4n) is 2.40. The Labute approximate surface area is 116 Å². The van der Waals surface area contributed by atoms with Crippen LogP contribution >= 0.6 is 27.3 Å². The molecule has 17 heavy (non-hydrogen) atoms. The van der Waals surface area contributed by atoms with Crippen LogP contribution in [0.5, 0.6) is 0 Å². The average molecular weight is 318 g/mol. The van der Waals surface area contributed by atoms with Crippen LogP contribution in [0.25, 0.3) is 0 Å². The van der Waals surface area contributed by atoms with Gasteiger partial charge in [0.1, 0.15) is 0 Å². The highest BCUT2D eigenvalue weighted by Gasteiger charge is 2.29. The number of nitrogens with one attached hydrogen (secondary N) is 1. The third-order valence-electron chi connectivity index (χ3n) is 3.23. The summed E-state index contributed by atoms with van der Waals surface area (Å²) in [6.45, 7) is 5.34. The summed E-state index contributed by atoms with van der Waals surface area (Å²) in [7, 11) is 0. The van der Waals surface area contributed by atoms with Gasteiger partial charge in [0, 0.05) is 10.9 Å². The molecule has 1 aliphatic heterocycles. The lowest BCUT2D eigenvalue weighted by atomic mass is 10.0. The molecule has 4 heteroatoms. The predicted octanol–water partition coefficient (Wildman–Crippen LogP) is 3.60. The molecule has 1 aromatic rings. The summed E-state index contributed by atoms with van der Waals surface area (Å²) < 4.78 is 7.20. The van der Waals surface area contributed by atoms with Crippen molar-refractivity contribution in [3.63, 3.8) is 0 Å². The third-order valence-corrected chi connectivity index (χ3v) is 4.88. The molecule has 1 fully saturated rings. The maximum atomic E-state index is 5.99. The van der Waals surface area contributed by atoms with Gasteiger partial charge in [-0.2, -0.15) is 0 Å². The second kappa shape index (κ2) is 6.32. The van der Waals surface area contributed by atoms with Gasteiger partial charge in [0.05, 0.1) is 16.0 Å². The molecule has 1 saturated heterocycles. The molecule has 3 atom stereocenters. The van der Waals surface area contributed by atoms with Gasteiger partial charge in [0.15, 0.2) is 0 Å². The summed E-state index contributed by atoms with van der Waals surface area (Å²) in [5.74, 6) is 0. The van der Waals surface area contributed by atoms with E-state index in [0.717, 1.165) is 13.0 Å². The van der Waals surface area contributed by atoms with Crippen molar-refractivity contribution in [2.24, 2.45) is 0 Å². The van der Waals surface area contributed by atoms with Gasteiger partial charge in [-0.05, 0) is 60.8 Å². The van der Waals surface area contributed by atoms with Crippen molar-refractivity contribution in [2.75, 3.05) is 6.54 Å². The molecule has 0 amide bonds. The number of rotatable bonds is 5. The highest BCUT2D eigenvalue weighted by atomic mass is 79.9. The monoisotopic (exact) mass is 317 g/mol. The zero-order valence-corrected chi connectivity index (χ0v) is 12.8. The van der Waals surface area contributed by atoms with Gasteiger partial charge in [-0.15, -0.1) is 11.3 Å². The van der Waals surface area contributed by atoms with Crippen LogP contribution in [0, 0.1) is 0 Å². The second-order valence-corrected chi connectivity index (χ2v) is 7.18. The number of likely N-dealkylation sites (N-methyl/N-ethyl adjacent to an activating group) is 1. The first-order valence-electron chi connectivity index (χ1n) is 6.32. The Morgan fingerprint density at radius 3 is 2.88 bits per heavy atom. The van der Waals surface area contributed by atoms with Crippen LogP contribution in [0.3, 0.4) is 0 Å². The molecule has 0 radical (unpaired) electrons. The fraction of sp³-hybridized carbons (Fsp3) is 0.692. The Morgan fingerprint density at radius 2 is 2.35 bits per heavy atom. The summed E-state index contributed by atoms with van der Waals surface area (Å²) in [4.78, 5) is 1.42. The molecule has 1 aromatic heterocycles. The third kappa shape index (κ3) is 3.78. The first kappa shape index (κ1) is 13.5. The quantitative estimate of drug-likeness (QED) is 0.896. The molecule has 0 spiro atoms. The Balaban J connectivity index is 1.97. The van der Waals surface area contributed by atoms with Crippen molar-refractivity contribution in [3.05, 3.63) is 20.8 Å². The molecule has 96 valence electrons. The van der Waals surface area contributed by atoms with E-state index in [4.69, 9.17) is 4.74 Å². The van der Waals surface area contributed by atoms with Crippen LogP contribution in [-0.2, 0) is 11.2 Å². The average Bonchev–Trinajstić information content (AvgIpc) is 2.87. The number of thiophene rings is 1. The smallest absolute Gasteiger partial charge is 0.0736 e. The van der Waals surface area contributed by atoms with E-state index in [-0.39, 0.29) is 0 Å². The van der Waals surface area contributed by atoms with E-state index in [9.17, 15) is 0 Å². The van der Waals surface area contributed by atoms with Crippen LogP contribution in [0.15, 0.2) is 15.9 Å². The maximum absolute atomic E-state index is 5.99. The molecule has 1 N–H and O–H groups in total. The first-order chi connectivity index (χ1) is 8.19. The Bertz CT molecular complexity index is 355. The normalized spacial score (nSPS) is 26.3. The summed E-state index contributed by atoms with van der Waals surface area (Å²) in [5, 5.41) is 3.57. The van der Waals surface area contributed by atoms with Gasteiger partial charge in [-0.1, -0.05) is 6.92 Å². The molecule has 0 bridgehead atoms. The van der Waals surface area contributed by atoms with Crippen molar-refractivity contribution in [2.45, 2.75) is 51.4 Å². The summed E-state index contributed by atoms with van der Waals surface area (Å²) >= 11 is 5.34. The largest absolute Gasteiger partial charge is 0.374 e. The number of hydrogen-bond acceptors (Lipinski definition) is 3. The zero-order valence-electron chi connectivity index (χ0n) is 10.4. The van der Waals surface area contributed by atoms with Crippen molar-refractivity contribution in [3.8, 4) is 0 Å². The second-order valence-electron chi connectivity index (χ2n) is 4.64. The molecule has 2 rings (SSSR count). The highest BCUT2D eigenvalue weighted by Crippen LogP contribution is 2.27. The van der Waals surface area contributed by atoms with Crippen molar-refractivity contribution < 1.29 is 4.74 Å². The lowest BCUT2D eigenvalue weighted by Crippen LogP contribution is -2.41. The standard InChI is InChI=1S/C13H20BrNOS/c1-3-15-11(12-6-4-9(2)16-12)8-10-5-7-13(14)17-10/h5,7,9,11-12,15H,3-4,6,8H2,1-2H3. The maximum Gasteiger partial charge on any atom is 0.0736 e. The van der Waals surface area contributed by atoms with Gasteiger partial charge >= 0.3 is 0 Å². The van der Waals surface area contributed by atoms with Crippen LogP contribution < -0.4 is 5.32 Å². The molecule has 0 aliphatic carbocycles.